The third kappa shape index (κ3) is 2.42. The quantitative estimate of drug-likeness (QED) is 0.519. The first-order valence-electron chi connectivity index (χ1n) is 4.70. The molecule has 0 spiro atoms. The van der Waals surface area contributed by atoms with Gasteiger partial charge >= 0.3 is 0 Å². The van der Waals surface area contributed by atoms with Gasteiger partial charge in [-0.25, -0.2) is 0 Å². The first-order valence-corrected chi connectivity index (χ1v) is 4.70. The number of carbonyl (C=O) groups excluding carboxylic acids is 2. The van der Waals surface area contributed by atoms with Gasteiger partial charge in [0.2, 0.25) is 11.8 Å². The third-order valence-corrected chi connectivity index (χ3v) is 2.32. The van der Waals surface area contributed by atoms with Crippen LogP contribution < -0.4 is 5.32 Å². The van der Waals surface area contributed by atoms with Gasteiger partial charge in [0.15, 0.2) is 0 Å². The van der Waals surface area contributed by atoms with Crippen molar-refractivity contribution >= 4 is 11.8 Å². The molecule has 1 unspecified atom stereocenters. The largest absolute Gasteiger partial charge is 0.305 e. The van der Waals surface area contributed by atoms with E-state index in [9.17, 15) is 9.59 Å². The Balaban J connectivity index is 2.36. The van der Waals surface area contributed by atoms with E-state index in [-0.39, 0.29) is 24.3 Å². The van der Waals surface area contributed by atoms with Crippen molar-refractivity contribution < 1.29 is 9.59 Å². The van der Waals surface area contributed by atoms with Gasteiger partial charge in [0.05, 0.1) is 12.5 Å². The van der Waals surface area contributed by atoms with Gasteiger partial charge in [-0.2, -0.15) is 0 Å². The van der Waals surface area contributed by atoms with E-state index < -0.39 is 0 Å². The summed E-state index contributed by atoms with van der Waals surface area (Å²) < 4.78 is 0. The summed E-state index contributed by atoms with van der Waals surface area (Å²) >= 11 is 0. The zero-order valence-electron chi connectivity index (χ0n) is 8.67. The van der Waals surface area contributed by atoms with E-state index in [0.29, 0.717) is 6.54 Å². The van der Waals surface area contributed by atoms with Crippen LogP contribution in [0.2, 0.25) is 0 Å². The van der Waals surface area contributed by atoms with Gasteiger partial charge in [0, 0.05) is 7.05 Å². The second kappa shape index (κ2) is 4.37. The number of likely N-dealkylation sites (tertiary alicyclic amines) is 1. The zero-order valence-corrected chi connectivity index (χ0v) is 8.67. The monoisotopic (exact) mass is 196 g/mol. The Morgan fingerprint density at radius 3 is 2.71 bits per heavy atom. The van der Waals surface area contributed by atoms with Crippen LogP contribution in [-0.4, -0.2) is 36.3 Å². The van der Waals surface area contributed by atoms with E-state index in [4.69, 9.17) is 0 Å². The molecule has 1 aliphatic rings. The van der Waals surface area contributed by atoms with Crippen LogP contribution in [0.25, 0.3) is 0 Å². The number of imide groups is 1. The van der Waals surface area contributed by atoms with Crippen molar-refractivity contribution in [1.82, 2.24) is 10.2 Å². The van der Waals surface area contributed by atoms with Gasteiger partial charge in [-0.05, 0) is 19.9 Å². The van der Waals surface area contributed by atoms with Crippen LogP contribution in [0.3, 0.4) is 0 Å². The molecule has 1 saturated heterocycles. The maximum Gasteiger partial charge on any atom is 0.246 e. The van der Waals surface area contributed by atoms with Gasteiger partial charge < -0.3 is 5.32 Å². The molecule has 1 atom stereocenters. The first kappa shape index (κ1) is 10.9. The normalized spacial score (nSPS) is 21.9. The molecule has 1 N–H and O–H groups in total. The van der Waals surface area contributed by atoms with Crippen LogP contribution in [0.5, 0.6) is 0 Å². The highest BCUT2D eigenvalue weighted by Gasteiger charge is 2.35. The minimum atomic E-state index is -0.327. The molecule has 1 heterocycles. The van der Waals surface area contributed by atoms with Gasteiger partial charge in [-0.15, -0.1) is 6.58 Å². The number of hydrogen-bond donors (Lipinski definition) is 1. The molecule has 4 nitrogen and oxygen atoms in total. The number of carbonyl (C=O) groups is 2. The Kier molecular flexibility index (Phi) is 3.41. The average Bonchev–Trinajstić information content (AvgIpc) is 2.33. The van der Waals surface area contributed by atoms with Crippen molar-refractivity contribution in [1.29, 1.82) is 0 Å². The molecule has 0 aromatic carbocycles. The van der Waals surface area contributed by atoms with Gasteiger partial charge in [-0.1, -0.05) is 5.57 Å². The molecular formula is C10H16N2O2. The summed E-state index contributed by atoms with van der Waals surface area (Å²) in [5, 5.41) is 3.05. The summed E-state index contributed by atoms with van der Waals surface area (Å²) in [4.78, 5) is 23.7. The minimum Gasteiger partial charge on any atom is -0.305 e. The fraction of sp³-hybridized carbons (Fsp3) is 0.600. The molecule has 1 fully saturated rings. The molecule has 0 aromatic rings. The predicted molar refractivity (Wildman–Crippen MR) is 53.6 cm³/mol. The van der Waals surface area contributed by atoms with Crippen molar-refractivity contribution in [3.8, 4) is 0 Å². The van der Waals surface area contributed by atoms with Crippen LogP contribution in [-0.2, 0) is 9.59 Å². The molecule has 78 valence electrons. The molecule has 2 amide bonds. The highest BCUT2D eigenvalue weighted by Crippen LogP contribution is 2.10. The summed E-state index contributed by atoms with van der Waals surface area (Å²) in [7, 11) is 1.52. The fourth-order valence-electron chi connectivity index (χ4n) is 1.37. The van der Waals surface area contributed by atoms with E-state index in [1.54, 1.807) is 0 Å². The summed E-state index contributed by atoms with van der Waals surface area (Å²) in [5.41, 5.74) is 1.07. The van der Waals surface area contributed by atoms with Gasteiger partial charge in [-0.3, -0.25) is 14.5 Å². The van der Waals surface area contributed by atoms with E-state index >= 15 is 0 Å². The van der Waals surface area contributed by atoms with Crippen molar-refractivity contribution in [3.63, 3.8) is 0 Å². The summed E-state index contributed by atoms with van der Waals surface area (Å²) in [6, 6.07) is -0.327. The Morgan fingerprint density at radius 1 is 1.64 bits per heavy atom. The maximum atomic E-state index is 11.4. The molecule has 1 rings (SSSR count). The lowest BCUT2D eigenvalue weighted by Gasteiger charge is -2.10. The average molecular weight is 196 g/mol. The summed E-state index contributed by atoms with van der Waals surface area (Å²) in [6.07, 6.45) is 1.12. The highest BCUT2D eigenvalue weighted by molar-refractivity contribution is 6.05. The first-order chi connectivity index (χ1) is 6.52. The molecule has 4 heteroatoms. The number of rotatable bonds is 4. The Labute approximate surface area is 84.0 Å². The number of amides is 2. The Hall–Kier alpha value is -1.16. The van der Waals surface area contributed by atoms with Crippen LogP contribution in [0.1, 0.15) is 19.8 Å². The van der Waals surface area contributed by atoms with Crippen molar-refractivity contribution in [2.75, 3.05) is 13.6 Å². The summed E-state index contributed by atoms with van der Waals surface area (Å²) in [5.74, 6) is -0.237. The molecule has 0 aromatic heterocycles. The SMILES string of the molecule is C=C(C)CCNC1CC(=O)N(C)C1=O. The lowest BCUT2D eigenvalue weighted by atomic mass is 10.2. The molecule has 0 saturated carbocycles. The maximum absolute atomic E-state index is 11.4. The van der Waals surface area contributed by atoms with E-state index in [0.717, 1.165) is 12.0 Å². The Morgan fingerprint density at radius 2 is 2.29 bits per heavy atom. The molecular weight excluding hydrogens is 180 g/mol. The van der Waals surface area contributed by atoms with Crippen LogP contribution in [0.15, 0.2) is 12.2 Å². The smallest absolute Gasteiger partial charge is 0.246 e. The minimum absolute atomic E-state index is 0.108. The molecule has 14 heavy (non-hydrogen) atoms. The second-order valence-electron chi connectivity index (χ2n) is 3.71. The standard InChI is InChI=1S/C10H16N2O2/c1-7(2)4-5-11-8-6-9(13)12(3)10(8)14/h8,11H,1,4-6H2,2-3H3. The second-order valence-corrected chi connectivity index (χ2v) is 3.71. The lowest BCUT2D eigenvalue weighted by molar-refractivity contribution is -0.137. The predicted octanol–water partition coefficient (Wildman–Crippen LogP) is 0.299. The zero-order chi connectivity index (χ0) is 10.7. The van der Waals surface area contributed by atoms with Gasteiger partial charge in [0.25, 0.3) is 0 Å². The van der Waals surface area contributed by atoms with E-state index in [2.05, 4.69) is 11.9 Å². The summed E-state index contributed by atoms with van der Waals surface area (Å²) in [6.45, 7) is 6.41. The number of hydrogen-bond acceptors (Lipinski definition) is 3. The molecule has 0 bridgehead atoms. The van der Waals surface area contributed by atoms with Crippen LogP contribution in [0.4, 0.5) is 0 Å². The number of likely N-dealkylation sites (N-methyl/N-ethyl adjacent to an activating group) is 1. The number of nitrogens with zero attached hydrogens (tertiary/aromatic N) is 1. The lowest BCUT2D eigenvalue weighted by Crippen LogP contribution is -2.37. The van der Waals surface area contributed by atoms with E-state index in [1.807, 2.05) is 6.92 Å². The number of nitrogens with one attached hydrogen (secondary N) is 1. The van der Waals surface area contributed by atoms with Crippen LogP contribution >= 0.6 is 0 Å². The van der Waals surface area contributed by atoms with Crippen molar-refractivity contribution in [2.24, 2.45) is 0 Å². The van der Waals surface area contributed by atoms with Crippen LogP contribution in [0, 0.1) is 0 Å². The highest BCUT2D eigenvalue weighted by atomic mass is 16.2. The topological polar surface area (TPSA) is 49.4 Å². The fourth-order valence-corrected chi connectivity index (χ4v) is 1.37. The van der Waals surface area contributed by atoms with Crippen molar-refractivity contribution in [3.05, 3.63) is 12.2 Å². The molecule has 0 radical (unpaired) electrons. The third-order valence-electron chi connectivity index (χ3n) is 2.32. The Bertz CT molecular complexity index is 273. The van der Waals surface area contributed by atoms with Gasteiger partial charge in [0.1, 0.15) is 0 Å². The molecule has 0 aliphatic carbocycles. The van der Waals surface area contributed by atoms with E-state index in [1.165, 1.54) is 11.9 Å². The molecule has 1 aliphatic heterocycles. The van der Waals surface area contributed by atoms with Crippen molar-refractivity contribution in [2.45, 2.75) is 25.8 Å².